The highest BCUT2D eigenvalue weighted by molar-refractivity contribution is 5.89. The molecule has 19 heavy (non-hydrogen) atoms. The van der Waals surface area contributed by atoms with Gasteiger partial charge in [-0.15, -0.1) is 6.61 Å². The maximum absolute atomic E-state index is 10.5. The van der Waals surface area contributed by atoms with Gasteiger partial charge in [0.2, 0.25) is 5.76 Å². The molecule has 1 aliphatic heterocycles. The average molecular weight is 279 g/mol. The van der Waals surface area contributed by atoms with Crippen molar-refractivity contribution >= 4 is 5.97 Å². The SMILES string of the molecule is C[N+](C)(C)CCO.O=C1OC([C@@H](O)C[O-])C(O)=C1O. The Hall–Kier alpha value is -1.35. The van der Waals surface area contributed by atoms with E-state index < -0.39 is 36.3 Å². The van der Waals surface area contributed by atoms with Crippen LogP contribution in [0.15, 0.2) is 11.5 Å². The molecule has 2 atom stereocenters. The van der Waals surface area contributed by atoms with Gasteiger partial charge in [-0.3, -0.25) is 0 Å². The van der Waals surface area contributed by atoms with Crippen LogP contribution >= 0.6 is 0 Å². The van der Waals surface area contributed by atoms with Crippen molar-refractivity contribution < 1.29 is 39.5 Å². The molecule has 1 heterocycles. The van der Waals surface area contributed by atoms with Gasteiger partial charge in [-0.2, -0.15) is 0 Å². The minimum Gasteiger partial charge on any atom is -0.853 e. The van der Waals surface area contributed by atoms with E-state index >= 15 is 0 Å². The molecule has 4 N–H and O–H groups in total. The lowest BCUT2D eigenvalue weighted by molar-refractivity contribution is -0.870. The molecule has 0 radical (unpaired) electrons. The van der Waals surface area contributed by atoms with Gasteiger partial charge in [-0.05, 0) is 0 Å². The summed E-state index contributed by atoms with van der Waals surface area (Å²) in [5.74, 6) is -2.87. The van der Waals surface area contributed by atoms with Crippen molar-refractivity contribution in [1.29, 1.82) is 0 Å². The molecular weight excluding hydrogens is 258 g/mol. The molecule has 1 unspecified atom stereocenters. The zero-order valence-electron chi connectivity index (χ0n) is 11.2. The highest BCUT2D eigenvalue weighted by atomic mass is 16.6. The maximum atomic E-state index is 10.5. The van der Waals surface area contributed by atoms with Gasteiger partial charge in [0.15, 0.2) is 11.9 Å². The summed E-state index contributed by atoms with van der Waals surface area (Å²) in [6, 6.07) is 0. The molecule has 112 valence electrons. The molecule has 0 aromatic carbocycles. The Morgan fingerprint density at radius 2 is 1.89 bits per heavy atom. The fraction of sp³-hybridized carbons (Fsp3) is 0.727. The number of aliphatic hydroxyl groups excluding tert-OH is 4. The summed E-state index contributed by atoms with van der Waals surface area (Å²) in [5.41, 5.74) is 0. The number of esters is 1. The van der Waals surface area contributed by atoms with Crippen molar-refractivity contribution in [2.24, 2.45) is 0 Å². The standard InChI is InChI=1S/C6H7O6.C5H14NO/c7-1-2(8)5-3(9)4(10)6(11)12-5;1-6(2,3)4-5-7/h2,5,8-10H,1H2;7H,4-5H2,1-3H3/q-1;+1/t2-,5?;/m0./s1. The second kappa shape index (κ2) is 7.29. The molecule has 0 saturated carbocycles. The number of nitrogens with zero attached hydrogens (tertiary/aromatic N) is 1. The number of rotatable bonds is 4. The van der Waals surface area contributed by atoms with Gasteiger partial charge in [0.05, 0.1) is 33.9 Å². The van der Waals surface area contributed by atoms with Crippen LogP contribution < -0.4 is 5.11 Å². The molecule has 0 aromatic rings. The van der Waals surface area contributed by atoms with Gasteiger partial charge in [0, 0.05) is 0 Å². The average Bonchev–Trinajstić information content (AvgIpc) is 2.55. The lowest BCUT2D eigenvalue weighted by Crippen LogP contribution is -2.36. The topological polar surface area (TPSA) is 130 Å². The Balaban J connectivity index is 0.000000399. The van der Waals surface area contributed by atoms with Gasteiger partial charge >= 0.3 is 5.97 Å². The van der Waals surface area contributed by atoms with Crippen LogP contribution in [0.4, 0.5) is 0 Å². The predicted molar refractivity (Wildman–Crippen MR) is 63.0 cm³/mol. The molecule has 0 fully saturated rings. The number of hydrogen-bond acceptors (Lipinski definition) is 7. The number of hydrogen-bond donors (Lipinski definition) is 4. The van der Waals surface area contributed by atoms with Crippen LogP contribution in [-0.2, 0) is 9.53 Å². The number of aliphatic hydroxyl groups is 4. The molecule has 0 spiro atoms. The summed E-state index contributed by atoms with van der Waals surface area (Å²) >= 11 is 0. The number of carbonyl (C=O) groups is 1. The number of quaternary nitrogens is 1. The lowest BCUT2D eigenvalue weighted by atomic mass is 10.2. The van der Waals surface area contributed by atoms with Crippen molar-refractivity contribution in [3.63, 3.8) is 0 Å². The molecular formula is C11H21NO7. The van der Waals surface area contributed by atoms with Gasteiger partial charge in [-0.25, -0.2) is 4.79 Å². The first-order valence-electron chi connectivity index (χ1n) is 5.64. The van der Waals surface area contributed by atoms with E-state index in [9.17, 15) is 9.90 Å². The first-order chi connectivity index (χ1) is 8.64. The summed E-state index contributed by atoms with van der Waals surface area (Å²) in [7, 11) is 6.16. The number of ether oxygens (including phenoxy) is 1. The molecule has 0 aromatic heterocycles. The molecule has 1 aliphatic rings. The maximum Gasteiger partial charge on any atom is 0.377 e. The second-order valence-electron chi connectivity index (χ2n) is 5.03. The minimum absolute atomic E-state index is 0.281. The molecule has 0 bridgehead atoms. The normalized spacial score (nSPS) is 20.7. The van der Waals surface area contributed by atoms with Crippen molar-refractivity contribution in [2.75, 3.05) is 40.9 Å². The predicted octanol–water partition coefficient (Wildman–Crippen LogP) is -2.35. The van der Waals surface area contributed by atoms with Crippen molar-refractivity contribution in [3.05, 3.63) is 11.5 Å². The zero-order valence-corrected chi connectivity index (χ0v) is 11.2. The third-order valence-electron chi connectivity index (χ3n) is 2.23. The van der Waals surface area contributed by atoms with E-state index in [1.807, 2.05) is 0 Å². The Morgan fingerprint density at radius 3 is 2.11 bits per heavy atom. The van der Waals surface area contributed by atoms with Gasteiger partial charge in [0.1, 0.15) is 6.54 Å². The van der Waals surface area contributed by atoms with E-state index in [1.165, 1.54) is 0 Å². The highest BCUT2D eigenvalue weighted by Gasteiger charge is 2.37. The molecule has 8 nitrogen and oxygen atoms in total. The van der Waals surface area contributed by atoms with E-state index in [-0.39, 0.29) is 6.61 Å². The third kappa shape index (κ3) is 5.88. The first kappa shape index (κ1) is 17.6. The van der Waals surface area contributed by atoms with Gasteiger partial charge in [-0.1, -0.05) is 0 Å². The Labute approximate surface area is 111 Å². The summed E-state index contributed by atoms with van der Waals surface area (Å²) in [6.07, 6.45) is -2.95. The van der Waals surface area contributed by atoms with E-state index in [4.69, 9.17) is 20.4 Å². The first-order valence-corrected chi connectivity index (χ1v) is 5.64. The van der Waals surface area contributed by atoms with E-state index in [2.05, 4.69) is 25.9 Å². The monoisotopic (exact) mass is 279 g/mol. The second-order valence-corrected chi connectivity index (χ2v) is 5.03. The van der Waals surface area contributed by atoms with Crippen LogP contribution in [0.1, 0.15) is 0 Å². The summed E-state index contributed by atoms with van der Waals surface area (Å²) in [6.45, 7) is 0.193. The fourth-order valence-corrected chi connectivity index (χ4v) is 1.11. The largest absolute Gasteiger partial charge is 0.853 e. The smallest absolute Gasteiger partial charge is 0.377 e. The Kier molecular flexibility index (Phi) is 6.77. The number of cyclic esters (lactones) is 1. The minimum atomic E-state index is -1.53. The van der Waals surface area contributed by atoms with Crippen LogP contribution in [0.5, 0.6) is 0 Å². The quantitative estimate of drug-likeness (QED) is 0.334. The van der Waals surface area contributed by atoms with Crippen LogP contribution in [0.2, 0.25) is 0 Å². The van der Waals surface area contributed by atoms with Crippen molar-refractivity contribution in [3.8, 4) is 0 Å². The molecule has 0 saturated heterocycles. The van der Waals surface area contributed by atoms with E-state index in [0.717, 1.165) is 11.0 Å². The summed E-state index contributed by atoms with van der Waals surface area (Å²) < 4.78 is 5.12. The van der Waals surface area contributed by atoms with Crippen LogP contribution in [0.25, 0.3) is 0 Å². The van der Waals surface area contributed by atoms with Crippen LogP contribution in [-0.4, -0.2) is 84.0 Å². The number of carbonyl (C=O) groups excluding carboxylic acids is 1. The molecule has 0 amide bonds. The van der Waals surface area contributed by atoms with Crippen molar-refractivity contribution in [2.45, 2.75) is 12.2 Å². The highest BCUT2D eigenvalue weighted by Crippen LogP contribution is 2.20. The van der Waals surface area contributed by atoms with Crippen molar-refractivity contribution in [1.82, 2.24) is 0 Å². The van der Waals surface area contributed by atoms with E-state index in [0.29, 0.717) is 0 Å². The summed E-state index contributed by atoms with van der Waals surface area (Å²) in [4.78, 5) is 10.5. The Morgan fingerprint density at radius 1 is 1.37 bits per heavy atom. The third-order valence-corrected chi connectivity index (χ3v) is 2.23. The summed E-state index contributed by atoms with van der Waals surface area (Å²) in [5, 5.41) is 45.0. The number of likely N-dealkylation sites (N-methyl/N-ethyl adjacent to an activating group) is 1. The zero-order chi connectivity index (χ0) is 15.2. The van der Waals surface area contributed by atoms with Gasteiger partial charge in [0.25, 0.3) is 0 Å². The van der Waals surface area contributed by atoms with Gasteiger partial charge < -0.3 is 34.8 Å². The lowest BCUT2D eigenvalue weighted by Gasteiger charge is -2.21. The van der Waals surface area contributed by atoms with E-state index in [1.54, 1.807) is 0 Å². The molecule has 8 heteroatoms. The van der Waals surface area contributed by atoms with Crippen LogP contribution in [0.3, 0.4) is 0 Å². The Bertz CT molecular complexity index is 334. The molecule has 0 aliphatic carbocycles. The van der Waals surface area contributed by atoms with Crippen LogP contribution in [0, 0.1) is 0 Å². The molecule has 1 rings (SSSR count). The fourth-order valence-electron chi connectivity index (χ4n) is 1.11.